The number of amides is 2. The van der Waals surface area contributed by atoms with Crippen LogP contribution in [0.15, 0.2) is 59.4 Å². The fourth-order valence-corrected chi connectivity index (χ4v) is 6.42. The van der Waals surface area contributed by atoms with Gasteiger partial charge in [0.2, 0.25) is 5.91 Å². The Balaban J connectivity index is 0.000000731. The molecular weight excluding hydrogens is 614 g/mol. The van der Waals surface area contributed by atoms with Gasteiger partial charge < -0.3 is 30.9 Å². The molecule has 4 aromatic rings. The first-order valence-electron chi connectivity index (χ1n) is 14.4. The van der Waals surface area contributed by atoms with Gasteiger partial charge in [-0.2, -0.15) is 0 Å². The van der Waals surface area contributed by atoms with Crippen LogP contribution >= 0.6 is 11.3 Å². The minimum Gasteiger partial charge on any atom is -0.496 e. The molecule has 0 unspecified atom stereocenters. The number of fused-ring (bicyclic) bond motifs is 1. The summed E-state index contributed by atoms with van der Waals surface area (Å²) in [6.45, 7) is 2.34. The predicted molar refractivity (Wildman–Crippen MR) is 173 cm³/mol. The van der Waals surface area contributed by atoms with Crippen molar-refractivity contribution in [1.29, 1.82) is 0 Å². The predicted octanol–water partition coefficient (Wildman–Crippen LogP) is 3.57. The number of aliphatic carboxylic acids is 2. The van der Waals surface area contributed by atoms with E-state index in [0.717, 1.165) is 47.4 Å². The Labute approximate surface area is 268 Å². The number of anilines is 2. The maximum atomic E-state index is 13.7. The number of carbonyl (C=O) groups is 4. The molecule has 0 saturated heterocycles. The summed E-state index contributed by atoms with van der Waals surface area (Å²) < 4.78 is 8.64. The van der Waals surface area contributed by atoms with Gasteiger partial charge in [-0.05, 0) is 56.4 Å². The fourth-order valence-electron chi connectivity index (χ4n) is 5.11. The van der Waals surface area contributed by atoms with Crippen molar-refractivity contribution in [1.82, 2.24) is 14.7 Å². The lowest BCUT2D eigenvalue weighted by Gasteiger charge is -2.13. The second-order valence-electron chi connectivity index (χ2n) is 10.4. The third kappa shape index (κ3) is 7.71. The minimum atomic E-state index is -1.82. The fraction of sp³-hybridized carbons (Fsp3) is 0.281. The number of benzene rings is 2. The average Bonchev–Trinajstić information content (AvgIpc) is 3.51. The summed E-state index contributed by atoms with van der Waals surface area (Å²) in [6, 6.07) is 16.9. The van der Waals surface area contributed by atoms with E-state index in [1.165, 1.54) is 16.0 Å². The number of methoxy groups -OCH3 is 1. The van der Waals surface area contributed by atoms with Gasteiger partial charge in [-0.25, -0.2) is 14.3 Å². The second-order valence-corrected chi connectivity index (χ2v) is 11.5. The van der Waals surface area contributed by atoms with Crippen LogP contribution in [-0.2, 0) is 40.8 Å². The largest absolute Gasteiger partial charge is 0.496 e. The number of para-hydroxylation sites is 2. The smallest absolute Gasteiger partial charge is 0.414 e. The van der Waals surface area contributed by atoms with Crippen molar-refractivity contribution in [3.8, 4) is 11.4 Å². The van der Waals surface area contributed by atoms with Crippen LogP contribution in [0.2, 0.25) is 0 Å². The first-order chi connectivity index (χ1) is 22.0. The molecule has 1 aliphatic rings. The van der Waals surface area contributed by atoms with Crippen molar-refractivity contribution in [2.45, 2.75) is 39.2 Å². The average molecular weight is 650 g/mol. The molecule has 1 aliphatic carbocycles. The van der Waals surface area contributed by atoms with Gasteiger partial charge in [0.25, 0.3) is 11.5 Å². The third-order valence-electron chi connectivity index (χ3n) is 7.42. The van der Waals surface area contributed by atoms with Crippen LogP contribution < -0.4 is 26.2 Å². The number of nitrogens with zero attached hydrogens (tertiary/aromatic N) is 2. The summed E-state index contributed by atoms with van der Waals surface area (Å²) in [5.74, 6) is -3.53. The number of hydrogen-bond donors (Lipinski definition) is 5. The van der Waals surface area contributed by atoms with Crippen LogP contribution in [-0.4, -0.2) is 57.0 Å². The van der Waals surface area contributed by atoms with Crippen LogP contribution in [0, 0.1) is 6.92 Å². The van der Waals surface area contributed by atoms with E-state index >= 15 is 0 Å². The summed E-state index contributed by atoms with van der Waals surface area (Å²) in [4.78, 5) is 59.4. The summed E-state index contributed by atoms with van der Waals surface area (Å²) in [6.07, 6.45) is 3.65. The third-order valence-corrected chi connectivity index (χ3v) is 8.63. The Morgan fingerprint density at radius 3 is 2.26 bits per heavy atom. The zero-order valence-electron chi connectivity index (χ0n) is 25.6. The second kappa shape index (κ2) is 15.2. The number of thiophene rings is 1. The maximum absolute atomic E-state index is 13.7. The van der Waals surface area contributed by atoms with Gasteiger partial charge in [-0.1, -0.05) is 36.4 Å². The molecule has 46 heavy (non-hydrogen) atoms. The van der Waals surface area contributed by atoms with E-state index in [1.54, 1.807) is 25.8 Å². The molecule has 0 radical (unpaired) electrons. The number of carboxylic acid groups (broad SMARTS) is 2. The molecule has 0 atom stereocenters. The molecule has 0 spiro atoms. The Bertz CT molecular complexity index is 1800. The molecule has 13 nitrogen and oxygen atoms in total. The van der Waals surface area contributed by atoms with Gasteiger partial charge in [0.15, 0.2) is 0 Å². The lowest BCUT2D eigenvalue weighted by atomic mass is 9.95. The van der Waals surface area contributed by atoms with E-state index in [2.05, 4.69) is 16.0 Å². The molecule has 2 heterocycles. The van der Waals surface area contributed by atoms with E-state index < -0.39 is 11.9 Å². The Hall–Kier alpha value is -5.21. The number of aromatic nitrogens is 2. The van der Waals surface area contributed by atoms with E-state index in [4.69, 9.17) is 24.5 Å². The quantitative estimate of drug-likeness (QED) is 0.169. The van der Waals surface area contributed by atoms with Crippen molar-refractivity contribution in [3.63, 3.8) is 0 Å². The Kier molecular flexibility index (Phi) is 11.1. The van der Waals surface area contributed by atoms with E-state index in [0.29, 0.717) is 28.5 Å². The Morgan fingerprint density at radius 2 is 1.59 bits per heavy atom. The van der Waals surface area contributed by atoms with Crippen molar-refractivity contribution in [3.05, 3.63) is 92.2 Å². The lowest BCUT2D eigenvalue weighted by molar-refractivity contribution is -0.159. The zero-order valence-corrected chi connectivity index (χ0v) is 26.4. The van der Waals surface area contributed by atoms with Crippen molar-refractivity contribution < 1.29 is 34.1 Å². The van der Waals surface area contributed by atoms with Gasteiger partial charge in [-0.3, -0.25) is 19.1 Å². The molecule has 5 rings (SSSR count). The number of rotatable bonds is 9. The number of aryl methyl sites for hydroxylation is 1. The van der Waals surface area contributed by atoms with E-state index in [-0.39, 0.29) is 29.6 Å². The van der Waals surface area contributed by atoms with Crippen molar-refractivity contribution in [2.75, 3.05) is 24.3 Å². The number of carboxylic acids is 2. The summed E-state index contributed by atoms with van der Waals surface area (Å²) in [5, 5.41) is 24.3. The zero-order chi connectivity index (χ0) is 33.4. The first-order valence-corrected chi connectivity index (χ1v) is 15.2. The number of nitrogens with one attached hydrogen (secondary N) is 3. The molecule has 0 bridgehead atoms. The van der Waals surface area contributed by atoms with Crippen LogP contribution in [0.1, 0.15) is 44.9 Å². The molecular formula is C32H35N5O8S. The summed E-state index contributed by atoms with van der Waals surface area (Å²) in [7, 11) is 3.40. The molecule has 14 heteroatoms. The van der Waals surface area contributed by atoms with E-state index in [1.807, 2.05) is 54.6 Å². The first kappa shape index (κ1) is 33.7. The van der Waals surface area contributed by atoms with Crippen molar-refractivity contribution in [2.24, 2.45) is 7.05 Å². The van der Waals surface area contributed by atoms with Crippen LogP contribution in [0.4, 0.5) is 10.7 Å². The standard InChI is InChI=1S/C30H33N5O4S.C2H2O4/c1-19-27(30(38)35(34(19)2)21-12-5-4-6-13-21)33-28(37)26-22-14-8-10-16-24(22)40-29(26)32-25(36)18-31-17-20-11-7-9-15-23(20)39-3;3-1(4)2(5)6/h4-7,9,11-13,15,31H,8,10,14,16-18H2,1-3H3,(H,32,36)(H,33,37);(H,3,4)(H,5,6). The van der Waals surface area contributed by atoms with Gasteiger partial charge in [0, 0.05) is 24.0 Å². The molecule has 0 saturated carbocycles. The number of hydrogen-bond acceptors (Lipinski definition) is 8. The van der Waals surface area contributed by atoms with Crippen LogP contribution in [0.3, 0.4) is 0 Å². The summed E-state index contributed by atoms with van der Waals surface area (Å²) >= 11 is 1.45. The topological polar surface area (TPSA) is 181 Å². The highest BCUT2D eigenvalue weighted by Crippen LogP contribution is 2.38. The Morgan fingerprint density at radius 1 is 0.935 bits per heavy atom. The highest BCUT2D eigenvalue weighted by molar-refractivity contribution is 7.17. The van der Waals surface area contributed by atoms with Gasteiger partial charge in [0.05, 0.1) is 30.6 Å². The number of ether oxygens (including phenoxy) is 1. The molecule has 2 aromatic heterocycles. The maximum Gasteiger partial charge on any atom is 0.414 e. The SMILES string of the molecule is COc1ccccc1CNCC(=O)Nc1sc2c(c1C(=O)Nc1c(C)n(C)n(-c3ccccc3)c1=O)CCCC2.O=C(O)C(=O)O. The molecule has 5 N–H and O–H groups in total. The lowest BCUT2D eigenvalue weighted by Crippen LogP contribution is -2.28. The normalized spacial score (nSPS) is 11.9. The highest BCUT2D eigenvalue weighted by atomic mass is 32.1. The molecule has 242 valence electrons. The van der Waals surface area contributed by atoms with Gasteiger partial charge in [-0.15, -0.1) is 11.3 Å². The molecule has 0 aliphatic heterocycles. The molecule has 2 amide bonds. The summed E-state index contributed by atoms with van der Waals surface area (Å²) in [5.41, 5.74) is 3.62. The van der Waals surface area contributed by atoms with E-state index in [9.17, 15) is 14.4 Å². The van der Waals surface area contributed by atoms with Crippen molar-refractivity contribution >= 4 is 45.8 Å². The minimum absolute atomic E-state index is 0.0707. The monoisotopic (exact) mass is 649 g/mol. The van der Waals surface area contributed by atoms with Gasteiger partial charge in [0.1, 0.15) is 16.4 Å². The molecule has 2 aromatic carbocycles. The van der Waals surface area contributed by atoms with Crippen LogP contribution in [0.25, 0.3) is 5.69 Å². The molecule has 0 fully saturated rings. The number of carbonyl (C=O) groups excluding carboxylic acids is 2. The van der Waals surface area contributed by atoms with Crippen LogP contribution in [0.5, 0.6) is 5.75 Å². The van der Waals surface area contributed by atoms with Gasteiger partial charge >= 0.3 is 11.9 Å². The highest BCUT2D eigenvalue weighted by Gasteiger charge is 2.28.